The number of Topliss-reactive ketones (excluding diaryl/α,β-unsaturated/α-hetero) is 1. The van der Waals surface area contributed by atoms with E-state index in [4.69, 9.17) is 0 Å². The fourth-order valence-corrected chi connectivity index (χ4v) is 2.93. The predicted molar refractivity (Wildman–Crippen MR) is 132 cm³/mol. The second-order valence-electron chi connectivity index (χ2n) is 7.32. The molecule has 4 N–H and O–H groups in total. The molecule has 0 radical (unpaired) electrons. The molecule has 0 saturated heterocycles. The highest BCUT2D eigenvalue weighted by atomic mass is 16.2. The van der Waals surface area contributed by atoms with Gasteiger partial charge < -0.3 is 21.3 Å². The van der Waals surface area contributed by atoms with Crippen molar-refractivity contribution in [3.8, 4) is 0 Å². The molecule has 6 nitrogen and oxygen atoms in total. The molecule has 30 heavy (non-hydrogen) atoms. The van der Waals surface area contributed by atoms with Crippen molar-refractivity contribution in [1.82, 2.24) is 21.3 Å². The molecule has 0 spiro atoms. The summed E-state index contributed by atoms with van der Waals surface area (Å²) in [5.74, 6) is 0.106. The van der Waals surface area contributed by atoms with Gasteiger partial charge in [-0.1, -0.05) is 54.9 Å². The maximum absolute atomic E-state index is 12.6. The Bertz CT molecular complexity index is 376. The highest BCUT2D eigenvalue weighted by Crippen LogP contribution is 2.08. The van der Waals surface area contributed by atoms with E-state index >= 15 is 0 Å². The first-order valence-electron chi connectivity index (χ1n) is 12.3. The van der Waals surface area contributed by atoms with Crippen LogP contribution in [0, 0.1) is 0 Å². The van der Waals surface area contributed by atoms with Crippen molar-refractivity contribution in [2.75, 3.05) is 27.2 Å². The van der Waals surface area contributed by atoms with Crippen LogP contribution in [0.15, 0.2) is 0 Å². The zero-order chi connectivity index (χ0) is 23.8. The number of hydrogen-bond acceptors (Lipinski definition) is 5. The Morgan fingerprint density at radius 2 is 1.33 bits per heavy atom. The Hall–Kier alpha value is -0.980. The van der Waals surface area contributed by atoms with E-state index in [0.29, 0.717) is 12.5 Å². The first-order chi connectivity index (χ1) is 14.5. The molecule has 0 aromatic carbocycles. The van der Waals surface area contributed by atoms with Crippen molar-refractivity contribution < 1.29 is 9.59 Å². The lowest BCUT2D eigenvalue weighted by Gasteiger charge is -2.22. The molecule has 6 heteroatoms. The van der Waals surface area contributed by atoms with Crippen LogP contribution in [0.25, 0.3) is 0 Å². The highest BCUT2D eigenvalue weighted by molar-refractivity contribution is 5.90. The van der Waals surface area contributed by atoms with Crippen molar-refractivity contribution in [2.24, 2.45) is 0 Å². The van der Waals surface area contributed by atoms with Crippen LogP contribution in [0.3, 0.4) is 0 Å². The van der Waals surface area contributed by atoms with Crippen molar-refractivity contribution in [3.05, 3.63) is 0 Å². The van der Waals surface area contributed by atoms with E-state index in [1.54, 1.807) is 0 Å². The number of unbranched alkanes of at least 4 members (excludes halogenated alkanes) is 2. The molecule has 1 amide bonds. The Morgan fingerprint density at radius 1 is 0.800 bits per heavy atom. The number of hydrogen-bond donors (Lipinski definition) is 4. The summed E-state index contributed by atoms with van der Waals surface area (Å²) in [6.45, 7) is 16.2. The van der Waals surface area contributed by atoms with Crippen molar-refractivity contribution in [1.29, 1.82) is 0 Å². The smallest absolute Gasteiger partial charge is 0.237 e. The summed E-state index contributed by atoms with van der Waals surface area (Å²) in [6, 6.07) is -0.104. The second-order valence-corrected chi connectivity index (χ2v) is 7.32. The fourth-order valence-electron chi connectivity index (χ4n) is 2.93. The predicted octanol–water partition coefficient (Wildman–Crippen LogP) is 4.04. The topological polar surface area (TPSA) is 82.3 Å². The van der Waals surface area contributed by atoms with Crippen LogP contribution >= 0.6 is 0 Å². The largest absolute Gasteiger partial charge is 0.345 e. The van der Waals surface area contributed by atoms with Gasteiger partial charge in [0, 0.05) is 12.5 Å². The quantitative estimate of drug-likeness (QED) is 0.262. The zero-order valence-electron chi connectivity index (χ0n) is 21.6. The highest BCUT2D eigenvalue weighted by Gasteiger charge is 2.23. The van der Waals surface area contributed by atoms with Crippen LogP contribution in [0.5, 0.6) is 0 Å². The van der Waals surface area contributed by atoms with E-state index in [0.717, 1.165) is 58.0 Å². The summed E-state index contributed by atoms with van der Waals surface area (Å²) in [6.07, 6.45) is 6.84. The molecule has 0 bridgehead atoms. The third-order valence-electron chi connectivity index (χ3n) is 4.51. The molecule has 0 fully saturated rings. The molecule has 0 aromatic rings. The molecule has 0 aromatic heterocycles. The van der Waals surface area contributed by atoms with E-state index in [2.05, 4.69) is 35.1 Å². The van der Waals surface area contributed by atoms with Crippen LogP contribution in [-0.4, -0.2) is 57.0 Å². The number of likely N-dealkylation sites (N-methyl/N-ethyl adjacent to an activating group) is 1. The third kappa shape index (κ3) is 20.3. The average Bonchev–Trinajstić information content (AvgIpc) is 2.75. The maximum Gasteiger partial charge on any atom is 0.237 e. The summed E-state index contributed by atoms with van der Waals surface area (Å²) in [7, 11) is 3.74. The Labute approximate surface area is 188 Å². The SMILES string of the molecule is CC.CC.CCCC(=O)C(CCCCNC(C)C)NC(=O)C(CCCCNC)NC. The van der Waals surface area contributed by atoms with Gasteiger partial charge >= 0.3 is 0 Å². The van der Waals surface area contributed by atoms with Crippen molar-refractivity contribution in [3.63, 3.8) is 0 Å². The number of ketones is 1. The summed E-state index contributed by atoms with van der Waals surface area (Å²) in [5, 5.41) is 12.6. The number of amides is 1. The molecule has 182 valence electrons. The van der Waals surface area contributed by atoms with Crippen LogP contribution < -0.4 is 21.3 Å². The number of nitrogens with one attached hydrogen (secondary N) is 4. The fraction of sp³-hybridized carbons (Fsp3) is 0.917. The van der Waals surface area contributed by atoms with E-state index in [1.165, 1.54) is 0 Å². The first-order valence-corrected chi connectivity index (χ1v) is 12.3. The van der Waals surface area contributed by atoms with Gasteiger partial charge in [-0.2, -0.15) is 0 Å². The Kier molecular flexibility index (Phi) is 29.2. The van der Waals surface area contributed by atoms with Crippen LogP contribution in [0.1, 0.15) is 99.8 Å². The Balaban J connectivity index is -0.00000171. The minimum atomic E-state index is -0.352. The van der Waals surface area contributed by atoms with E-state index in [-0.39, 0.29) is 23.8 Å². The summed E-state index contributed by atoms with van der Waals surface area (Å²) >= 11 is 0. The maximum atomic E-state index is 12.6. The van der Waals surface area contributed by atoms with Gasteiger partial charge in [-0.25, -0.2) is 0 Å². The van der Waals surface area contributed by atoms with Gasteiger partial charge in [0.25, 0.3) is 0 Å². The van der Waals surface area contributed by atoms with Crippen LogP contribution in [0.2, 0.25) is 0 Å². The lowest BCUT2D eigenvalue weighted by atomic mass is 10.0. The van der Waals surface area contributed by atoms with E-state index in [9.17, 15) is 9.59 Å². The van der Waals surface area contributed by atoms with Gasteiger partial charge in [-0.05, 0) is 65.7 Å². The van der Waals surface area contributed by atoms with Gasteiger partial charge in [0.2, 0.25) is 5.91 Å². The van der Waals surface area contributed by atoms with Gasteiger partial charge in [0.15, 0.2) is 5.78 Å². The van der Waals surface area contributed by atoms with Crippen LogP contribution in [-0.2, 0) is 9.59 Å². The standard InChI is InChI=1S/C20H42N4O2.2C2H6/c1-6-11-19(25)17(12-8-10-15-23-16(2)3)24-20(26)18(22-5)13-7-9-14-21-4;2*1-2/h16-18,21-23H,6-15H2,1-5H3,(H,24,26);2*1-2H3. The van der Waals surface area contributed by atoms with Gasteiger partial charge in [-0.3, -0.25) is 9.59 Å². The lowest BCUT2D eigenvalue weighted by Crippen LogP contribution is -2.49. The second kappa shape index (κ2) is 26.1. The first kappa shape index (κ1) is 33.7. The summed E-state index contributed by atoms with van der Waals surface area (Å²) < 4.78 is 0. The van der Waals surface area contributed by atoms with Gasteiger partial charge in [0.1, 0.15) is 0 Å². The minimum Gasteiger partial charge on any atom is -0.345 e. The molecular weight excluding hydrogens is 376 g/mol. The van der Waals surface area contributed by atoms with Crippen molar-refractivity contribution in [2.45, 2.75) is 118 Å². The number of carbonyl (C=O) groups is 2. The molecule has 0 rings (SSSR count). The van der Waals surface area contributed by atoms with E-state index < -0.39 is 0 Å². The van der Waals surface area contributed by atoms with Crippen LogP contribution in [0.4, 0.5) is 0 Å². The Morgan fingerprint density at radius 3 is 1.80 bits per heavy atom. The molecule has 0 aliphatic carbocycles. The summed E-state index contributed by atoms with van der Waals surface area (Å²) in [5.41, 5.74) is 0. The van der Waals surface area contributed by atoms with Gasteiger partial charge in [0.05, 0.1) is 12.1 Å². The van der Waals surface area contributed by atoms with E-state index in [1.807, 2.05) is 48.7 Å². The summed E-state index contributed by atoms with van der Waals surface area (Å²) in [4.78, 5) is 25.0. The zero-order valence-corrected chi connectivity index (χ0v) is 21.6. The molecule has 0 heterocycles. The third-order valence-corrected chi connectivity index (χ3v) is 4.51. The monoisotopic (exact) mass is 430 g/mol. The molecule has 2 unspecified atom stereocenters. The van der Waals surface area contributed by atoms with Crippen molar-refractivity contribution >= 4 is 11.7 Å². The molecular formula is C24H54N4O2. The molecule has 0 aliphatic rings. The van der Waals surface area contributed by atoms with Gasteiger partial charge in [-0.15, -0.1) is 0 Å². The normalized spacial score (nSPS) is 12.2. The molecule has 2 atom stereocenters. The number of carbonyl (C=O) groups excluding carboxylic acids is 2. The molecule has 0 saturated carbocycles. The average molecular weight is 431 g/mol. The lowest BCUT2D eigenvalue weighted by molar-refractivity contribution is -0.129. The number of rotatable bonds is 17. The molecule has 0 aliphatic heterocycles. The minimum absolute atomic E-state index is 0.0493.